The van der Waals surface area contributed by atoms with Gasteiger partial charge in [0, 0.05) is 38.9 Å². The molecule has 3 aromatic carbocycles. The number of hydrogen-bond acceptors (Lipinski definition) is 29. The van der Waals surface area contributed by atoms with Crippen LogP contribution in [0.5, 0.6) is 0 Å². The van der Waals surface area contributed by atoms with E-state index in [0.717, 1.165) is 47.8 Å². The minimum absolute atomic E-state index is 0.00197. The number of unbranched alkanes of at least 4 members (excludes halogenated alkanes) is 3. The van der Waals surface area contributed by atoms with E-state index in [-0.39, 0.29) is 110 Å². The molecule has 0 aromatic heterocycles. The number of carboxylic acids is 4. The molecule has 0 heterocycles. The Hall–Kier alpha value is -12.9. The normalized spacial score (nSPS) is 12.0. The fraction of sp³-hybridized carbons (Fsp3) is 0.544. The van der Waals surface area contributed by atoms with E-state index in [0.29, 0.717) is 30.6 Å². The SMILES string of the molecule is CCOC(=O)CN(C(=O)N[C@@H](CCC(=O)OC)C(=O)OC)[C@@H](CCCCNC(=O)OCc1ccccc1)C(=O)O.CCOC(=O)CN(C(=O)N[C@@H](CCC(=O)OC)C(=O)OC)[C@@H](CCCCNC(=O)OCc1ccccc1)C(=O)OC(C)(C)C.O=C(O)CC[C@H](NC(=O)N(CC(=O)O)[C@@H](CCCCNC(=O)OCc1ccccc1)C(=O)CO)C(=O)O. The molecule has 0 aliphatic heterocycles. The van der Waals surface area contributed by atoms with Gasteiger partial charge in [-0.05, 0) is 128 Å². The van der Waals surface area contributed by atoms with E-state index in [1.165, 1.54) is 7.11 Å². The molecule has 42 nitrogen and oxygen atoms in total. The number of carbonyl (C=O) groups excluding carboxylic acids is 14. The van der Waals surface area contributed by atoms with Crippen LogP contribution in [0.3, 0.4) is 0 Å². The van der Waals surface area contributed by atoms with E-state index in [1.54, 1.807) is 58.9 Å². The van der Waals surface area contributed by atoms with Crippen LogP contribution in [0.15, 0.2) is 91.0 Å². The largest absolute Gasteiger partial charge is 0.481 e. The predicted octanol–water partition coefficient (Wildman–Crippen LogP) is 4.90. The van der Waals surface area contributed by atoms with Crippen LogP contribution in [0.1, 0.15) is 148 Å². The van der Waals surface area contributed by atoms with Gasteiger partial charge in [0.2, 0.25) is 0 Å². The van der Waals surface area contributed by atoms with Gasteiger partial charge in [-0.15, -0.1) is 0 Å². The molecular formula is C79H113N9O33. The number of methoxy groups -OCH3 is 4. The highest BCUT2D eigenvalue weighted by Gasteiger charge is 2.39. The summed E-state index contributed by atoms with van der Waals surface area (Å²) in [5.41, 5.74) is 1.54. The van der Waals surface area contributed by atoms with E-state index in [2.05, 4.69) is 40.8 Å². The third-order valence-electron chi connectivity index (χ3n) is 16.6. The second-order valence-corrected chi connectivity index (χ2v) is 26.9. The standard InChI is InChI=1S/C30H45N3O11.C26H37N3O11.C23H31N3O11/c1-7-42-25(35)19-33(28(38)32-22(26(36)41-6)16-17-24(34)40-5)23(27(37)44-30(2,3)4)15-11-12-18-31-29(39)43-20-21-13-9-8-10-14-21;1-4-39-22(31)16-29(25(35)28-19(24(34)38-3)13-14-21(30)37-2)20(23(32)33)12-8-9-15-27-26(36)40-17-18-10-6-5-7-11-18;27-13-18(28)17(8-4-5-11-24-23(36)37-14-15-6-2-1-3-7-15)26(12-20(31)32)22(35)25-16(21(33)34)9-10-19(29)30/h8-10,13-14,22-23H,7,11-12,15-20H2,1-6H3,(H,31,39)(H,32,38);5-7,10-11,19-20H,4,8-9,12-17H2,1-3H3,(H,27,36)(H,28,35)(H,32,33);1-3,6-7,16-17,27H,4-5,8-14H2,(H,24,36)(H,25,35)(H,29,30)(H,31,32)(H,33,34)/t22-,23-;19-,20-;16-,17-/m000/s1. The van der Waals surface area contributed by atoms with Crippen molar-refractivity contribution >= 4 is 108 Å². The fourth-order valence-corrected chi connectivity index (χ4v) is 10.6. The zero-order valence-corrected chi connectivity index (χ0v) is 69.2. The van der Waals surface area contributed by atoms with Crippen LogP contribution < -0.4 is 31.9 Å². The third-order valence-corrected chi connectivity index (χ3v) is 16.6. The maximum Gasteiger partial charge on any atom is 0.407 e. The lowest BCUT2D eigenvalue weighted by molar-refractivity contribution is -0.162. The van der Waals surface area contributed by atoms with Crippen LogP contribution in [0.25, 0.3) is 0 Å². The number of nitrogens with one attached hydrogen (secondary N) is 6. The van der Waals surface area contributed by atoms with Crippen LogP contribution >= 0.6 is 0 Å². The lowest BCUT2D eigenvalue weighted by Crippen LogP contribution is -2.56. The lowest BCUT2D eigenvalue weighted by atomic mass is 10.0. The Morgan fingerprint density at radius 2 is 0.711 bits per heavy atom. The van der Waals surface area contributed by atoms with Crippen molar-refractivity contribution in [1.82, 2.24) is 46.6 Å². The van der Waals surface area contributed by atoms with Gasteiger partial charge < -0.3 is 110 Å². The summed E-state index contributed by atoms with van der Waals surface area (Å²) in [6.45, 7) is 5.66. The average molecular weight is 1720 g/mol. The number of aliphatic carboxylic acids is 4. The molecule has 11 N–H and O–H groups in total. The molecule has 672 valence electrons. The van der Waals surface area contributed by atoms with Crippen LogP contribution in [0, 0.1) is 0 Å². The van der Waals surface area contributed by atoms with Gasteiger partial charge in [-0.25, -0.2) is 52.7 Å². The third kappa shape index (κ3) is 47.3. The van der Waals surface area contributed by atoms with Gasteiger partial charge >= 0.3 is 102 Å². The Balaban J connectivity index is 0.000000911. The zero-order valence-electron chi connectivity index (χ0n) is 69.2. The first kappa shape index (κ1) is 106. The average Bonchev–Trinajstić information content (AvgIpc) is 0.841. The number of aliphatic hydroxyl groups excluding tert-OH is 1. The molecular weight excluding hydrogens is 1600 g/mol. The number of hydrogen-bond donors (Lipinski definition) is 11. The maximum atomic E-state index is 13.5. The van der Waals surface area contributed by atoms with E-state index in [1.807, 2.05) is 72.0 Å². The molecule has 0 saturated heterocycles. The summed E-state index contributed by atoms with van der Waals surface area (Å²) in [4.78, 5) is 221. The minimum atomic E-state index is -1.64. The Morgan fingerprint density at radius 3 is 1.02 bits per heavy atom. The monoisotopic (exact) mass is 1720 g/mol. The summed E-state index contributed by atoms with van der Waals surface area (Å²) < 4.78 is 49.4. The number of nitrogens with zero attached hydrogens (tertiary/aromatic N) is 3. The van der Waals surface area contributed by atoms with Gasteiger partial charge in [0.25, 0.3) is 0 Å². The first-order valence-corrected chi connectivity index (χ1v) is 38.4. The van der Waals surface area contributed by atoms with Crippen LogP contribution in [-0.4, -0.2) is 277 Å². The number of esters is 7. The highest BCUT2D eigenvalue weighted by atomic mass is 16.6. The van der Waals surface area contributed by atoms with Crippen molar-refractivity contribution in [3.63, 3.8) is 0 Å². The van der Waals surface area contributed by atoms with Gasteiger partial charge in [-0.2, -0.15) is 0 Å². The number of rotatable bonds is 51. The Bertz CT molecular complexity index is 3780. The highest BCUT2D eigenvalue weighted by molar-refractivity contribution is 5.93. The summed E-state index contributed by atoms with van der Waals surface area (Å²) in [6, 6.07) is 15.7. The number of ketones is 1. The Kier molecular flexibility index (Phi) is 53.1. The molecule has 3 rings (SSSR count). The molecule has 0 fully saturated rings. The molecule has 3 aromatic rings. The van der Waals surface area contributed by atoms with E-state index in [9.17, 15) is 107 Å². The fourth-order valence-electron chi connectivity index (χ4n) is 10.6. The molecule has 9 amide bonds. The minimum Gasteiger partial charge on any atom is -0.481 e. The molecule has 0 bridgehead atoms. The summed E-state index contributed by atoms with van der Waals surface area (Å²) >= 11 is 0. The second-order valence-electron chi connectivity index (χ2n) is 26.9. The highest BCUT2D eigenvalue weighted by Crippen LogP contribution is 2.20. The lowest BCUT2D eigenvalue weighted by Gasteiger charge is -2.33. The van der Waals surface area contributed by atoms with E-state index in [4.69, 9.17) is 38.3 Å². The molecule has 0 spiro atoms. The van der Waals surface area contributed by atoms with Crippen molar-refractivity contribution in [3.8, 4) is 0 Å². The summed E-state index contributed by atoms with van der Waals surface area (Å²) in [5.74, 6) is -12.0. The van der Waals surface area contributed by atoms with Gasteiger partial charge in [0.1, 0.15) is 81.9 Å². The quantitative estimate of drug-likeness (QED) is 0.0203. The molecule has 42 heteroatoms. The number of carboxylic acid groups (broad SMARTS) is 4. The molecule has 0 radical (unpaired) electrons. The van der Waals surface area contributed by atoms with Gasteiger partial charge in [-0.3, -0.25) is 43.4 Å². The van der Waals surface area contributed by atoms with Crippen LogP contribution in [-0.2, 0) is 125 Å². The van der Waals surface area contributed by atoms with Gasteiger partial charge in [0.15, 0.2) is 5.78 Å². The molecule has 0 unspecified atom stereocenters. The summed E-state index contributed by atoms with van der Waals surface area (Å²) in [6.07, 6.45) is -1.96. The number of ether oxygens (including phenoxy) is 10. The number of aliphatic hydroxyl groups is 1. The number of Topliss-reactive ketones (excluding diaryl/α,β-unsaturated/α-hetero) is 1. The van der Waals surface area contributed by atoms with E-state index < -0.39 is 189 Å². The first-order valence-electron chi connectivity index (χ1n) is 38.4. The zero-order chi connectivity index (χ0) is 90.8. The molecule has 0 aliphatic rings. The number of amides is 9. The van der Waals surface area contributed by atoms with Crippen molar-refractivity contribution in [2.24, 2.45) is 0 Å². The van der Waals surface area contributed by atoms with Crippen molar-refractivity contribution in [1.29, 1.82) is 0 Å². The number of urea groups is 3. The second kappa shape index (κ2) is 60.5. The predicted molar refractivity (Wildman–Crippen MR) is 421 cm³/mol. The van der Waals surface area contributed by atoms with Crippen molar-refractivity contribution in [2.75, 3.05) is 87.5 Å². The van der Waals surface area contributed by atoms with Gasteiger partial charge in [-0.1, -0.05) is 91.0 Å². The van der Waals surface area contributed by atoms with Crippen LogP contribution in [0.2, 0.25) is 0 Å². The topological polar surface area (TPSA) is 583 Å². The van der Waals surface area contributed by atoms with Gasteiger partial charge in [0.05, 0.1) is 47.7 Å². The summed E-state index contributed by atoms with van der Waals surface area (Å²) in [5, 5.41) is 60.9. The van der Waals surface area contributed by atoms with E-state index >= 15 is 0 Å². The molecule has 0 saturated carbocycles. The van der Waals surface area contributed by atoms with Crippen molar-refractivity contribution in [3.05, 3.63) is 108 Å². The number of alkyl carbamates (subject to hydrolysis) is 3. The summed E-state index contributed by atoms with van der Waals surface area (Å²) in [7, 11) is 4.55. The number of benzene rings is 3. The van der Waals surface area contributed by atoms with Crippen LogP contribution in [0.4, 0.5) is 28.8 Å². The smallest absolute Gasteiger partial charge is 0.407 e. The molecule has 121 heavy (non-hydrogen) atoms. The Morgan fingerprint density at radius 1 is 0.372 bits per heavy atom. The number of carbonyl (C=O) groups is 18. The Labute approximate surface area is 698 Å². The molecule has 6 atom stereocenters. The maximum absolute atomic E-state index is 13.5. The van der Waals surface area contributed by atoms with Crippen molar-refractivity contribution in [2.45, 2.75) is 193 Å². The molecule has 0 aliphatic carbocycles. The first-order chi connectivity index (χ1) is 57.5. The van der Waals surface area contributed by atoms with Crippen molar-refractivity contribution < 1.29 is 159 Å².